The molecule has 5 nitrogen and oxygen atoms in total. The van der Waals surface area contributed by atoms with E-state index in [1.165, 1.54) is 0 Å². The average Bonchev–Trinajstić information content (AvgIpc) is 2.91. The van der Waals surface area contributed by atoms with Crippen molar-refractivity contribution in [3.8, 4) is 0 Å². The maximum absolute atomic E-state index is 5.31. The lowest BCUT2D eigenvalue weighted by Gasteiger charge is -2.20. The van der Waals surface area contributed by atoms with Crippen LogP contribution in [0.15, 0.2) is 27.8 Å². The molecule has 0 spiro atoms. The van der Waals surface area contributed by atoms with Crippen LogP contribution in [0.25, 0.3) is 0 Å². The molecule has 0 aliphatic rings. The number of hydrogen-bond acceptors (Lipinski definition) is 3. The van der Waals surface area contributed by atoms with Gasteiger partial charge in [-0.3, -0.25) is 4.99 Å². The fourth-order valence-electron chi connectivity index (χ4n) is 1.73. The van der Waals surface area contributed by atoms with Crippen molar-refractivity contribution in [1.82, 2.24) is 10.6 Å². The van der Waals surface area contributed by atoms with Gasteiger partial charge in [-0.2, -0.15) is 0 Å². The number of furan rings is 1. The maximum atomic E-state index is 5.31. The first kappa shape index (κ1) is 20.2. The second-order valence-electron chi connectivity index (χ2n) is 5.01. The summed E-state index contributed by atoms with van der Waals surface area (Å²) in [5, 5.41) is 6.74. The Morgan fingerprint density at radius 2 is 2.05 bits per heavy atom. The molecular formula is C15H28IN3O2. The van der Waals surface area contributed by atoms with Crippen molar-refractivity contribution in [2.75, 3.05) is 20.3 Å². The molecule has 0 bridgehead atoms. The third kappa shape index (κ3) is 8.98. The molecule has 1 rings (SSSR count). The monoisotopic (exact) mass is 409 g/mol. The minimum absolute atomic E-state index is 0. The number of hydrogen-bond donors (Lipinski definition) is 2. The zero-order valence-electron chi connectivity index (χ0n) is 13.4. The number of aliphatic imine (C=N–C) groups is 1. The third-order valence-corrected chi connectivity index (χ3v) is 3.00. The number of methoxy groups -OCH3 is 1. The average molecular weight is 409 g/mol. The highest BCUT2D eigenvalue weighted by Gasteiger charge is 2.07. The van der Waals surface area contributed by atoms with Crippen molar-refractivity contribution in [2.45, 2.75) is 45.7 Å². The van der Waals surface area contributed by atoms with Crippen LogP contribution in [0, 0.1) is 0 Å². The fraction of sp³-hybridized carbons (Fsp3) is 0.667. The predicted octanol–water partition coefficient (Wildman–Crippen LogP) is 2.81. The van der Waals surface area contributed by atoms with E-state index >= 15 is 0 Å². The summed E-state index contributed by atoms with van der Waals surface area (Å²) in [5.74, 6) is 1.79. The number of nitrogens with zero attached hydrogens (tertiary/aromatic N) is 1. The van der Waals surface area contributed by atoms with Gasteiger partial charge in [-0.1, -0.05) is 6.92 Å². The van der Waals surface area contributed by atoms with Crippen LogP contribution in [0.3, 0.4) is 0 Å². The quantitative estimate of drug-likeness (QED) is 0.394. The Morgan fingerprint density at radius 3 is 2.62 bits per heavy atom. The molecule has 2 unspecified atom stereocenters. The first-order valence-electron chi connectivity index (χ1n) is 7.24. The van der Waals surface area contributed by atoms with Crippen LogP contribution in [0.4, 0.5) is 0 Å². The highest BCUT2D eigenvalue weighted by Crippen LogP contribution is 2.00. The van der Waals surface area contributed by atoms with Crippen molar-refractivity contribution in [3.63, 3.8) is 0 Å². The van der Waals surface area contributed by atoms with Crippen LogP contribution in [0.5, 0.6) is 0 Å². The van der Waals surface area contributed by atoms with E-state index in [0.717, 1.165) is 24.6 Å². The summed E-state index contributed by atoms with van der Waals surface area (Å²) in [6, 6.07) is 4.48. The Morgan fingerprint density at radius 1 is 1.33 bits per heavy atom. The van der Waals surface area contributed by atoms with E-state index in [9.17, 15) is 0 Å². The van der Waals surface area contributed by atoms with Crippen LogP contribution in [-0.2, 0) is 11.2 Å². The van der Waals surface area contributed by atoms with Gasteiger partial charge in [-0.05, 0) is 32.4 Å². The molecule has 21 heavy (non-hydrogen) atoms. The van der Waals surface area contributed by atoms with Crippen molar-refractivity contribution in [1.29, 1.82) is 0 Å². The zero-order chi connectivity index (χ0) is 14.8. The van der Waals surface area contributed by atoms with Gasteiger partial charge < -0.3 is 19.8 Å². The molecule has 1 aromatic rings. The Kier molecular flexibility index (Phi) is 11.4. The summed E-state index contributed by atoms with van der Waals surface area (Å²) in [4.78, 5) is 4.59. The number of ether oxygens (including phenoxy) is 1. The molecule has 0 fully saturated rings. The molecule has 2 atom stereocenters. The fourth-order valence-corrected chi connectivity index (χ4v) is 1.73. The minimum atomic E-state index is 0. The van der Waals surface area contributed by atoms with E-state index in [0.29, 0.717) is 19.2 Å². The van der Waals surface area contributed by atoms with Gasteiger partial charge in [-0.25, -0.2) is 0 Å². The molecule has 0 amide bonds. The molecule has 0 aliphatic carbocycles. The molecule has 1 aromatic heterocycles. The molecular weight excluding hydrogens is 381 g/mol. The third-order valence-electron chi connectivity index (χ3n) is 3.00. The van der Waals surface area contributed by atoms with Gasteiger partial charge in [0, 0.05) is 32.2 Å². The van der Waals surface area contributed by atoms with Gasteiger partial charge in [0.15, 0.2) is 5.96 Å². The molecule has 0 radical (unpaired) electrons. The number of rotatable bonds is 8. The molecule has 1 heterocycles. The molecule has 6 heteroatoms. The lowest BCUT2D eigenvalue weighted by atomic mass is 10.2. The van der Waals surface area contributed by atoms with Crippen molar-refractivity contribution in [2.24, 2.45) is 4.99 Å². The lowest BCUT2D eigenvalue weighted by molar-refractivity contribution is 0.179. The van der Waals surface area contributed by atoms with Gasteiger partial charge in [0.1, 0.15) is 5.76 Å². The van der Waals surface area contributed by atoms with Crippen LogP contribution < -0.4 is 10.6 Å². The largest absolute Gasteiger partial charge is 0.469 e. The van der Waals surface area contributed by atoms with Gasteiger partial charge in [0.2, 0.25) is 0 Å². The standard InChI is InChI=1S/C15H27N3O2.HI/c1-5-12(2)17-15(18-13(3)11-19-4)16-9-8-14-7-6-10-20-14;/h6-7,10,12-13H,5,8-9,11H2,1-4H3,(H2,16,17,18);1H. The Bertz CT molecular complexity index is 382. The summed E-state index contributed by atoms with van der Waals surface area (Å²) < 4.78 is 10.4. The summed E-state index contributed by atoms with van der Waals surface area (Å²) in [7, 11) is 1.70. The molecule has 0 saturated carbocycles. The minimum Gasteiger partial charge on any atom is -0.469 e. The van der Waals surface area contributed by atoms with Gasteiger partial charge in [-0.15, -0.1) is 24.0 Å². The van der Waals surface area contributed by atoms with Crippen LogP contribution in [0.1, 0.15) is 33.0 Å². The molecule has 0 saturated heterocycles. The number of guanidine groups is 1. The molecule has 0 aromatic carbocycles. The van der Waals surface area contributed by atoms with Gasteiger partial charge in [0.05, 0.1) is 12.9 Å². The van der Waals surface area contributed by atoms with E-state index in [1.54, 1.807) is 13.4 Å². The zero-order valence-corrected chi connectivity index (χ0v) is 15.7. The normalized spacial score (nSPS) is 14.2. The first-order chi connectivity index (χ1) is 9.65. The summed E-state index contributed by atoms with van der Waals surface area (Å²) >= 11 is 0. The maximum Gasteiger partial charge on any atom is 0.191 e. The topological polar surface area (TPSA) is 58.8 Å². The van der Waals surface area contributed by atoms with Crippen molar-refractivity contribution < 1.29 is 9.15 Å². The van der Waals surface area contributed by atoms with E-state index < -0.39 is 0 Å². The van der Waals surface area contributed by atoms with Crippen LogP contribution in [-0.4, -0.2) is 38.3 Å². The lowest BCUT2D eigenvalue weighted by Crippen LogP contribution is -2.47. The van der Waals surface area contributed by atoms with E-state index in [-0.39, 0.29) is 30.0 Å². The van der Waals surface area contributed by atoms with Crippen LogP contribution in [0.2, 0.25) is 0 Å². The summed E-state index contributed by atoms with van der Waals surface area (Å²) in [6.07, 6.45) is 3.55. The van der Waals surface area contributed by atoms with E-state index in [1.807, 2.05) is 12.1 Å². The van der Waals surface area contributed by atoms with E-state index in [2.05, 4.69) is 36.4 Å². The van der Waals surface area contributed by atoms with Gasteiger partial charge in [0.25, 0.3) is 0 Å². The molecule has 122 valence electrons. The number of halogens is 1. The van der Waals surface area contributed by atoms with E-state index in [4.69, 9.17) is 9.15 Å². The molecule has 0 aliphatic heterocycles. The predicted molar refractivity (Wildman–Crippen MR) is 97.5 cm³/mol. The summed E-state index contributed by atoms with van der Waals surface area (Å²) in [6.45, 7) is 7.71. The Hall–Kier alpha value is -0.760. The second kappa shape index (κ2) is 11.9. The molecule has 2 N–H and O–H groups in total. The second-order valence-corrected chi connectivity index (χ2v) is 5.01. The van der Waals surface area contributed by atoms with Crippen LogP contribution >= 0.6 is 24.0 Å². The van der Waals surface area contributed by atoms with Crippen molar-refractivity contribution in [3.05, 3.63) is 24.2 Å². The Balaban J connectivity index is 0.00000400. The first-order valence-corrected chi connectivity index (χ1v) is 7.24. The highest BCUT2D eigenvalue weighted by molar-refractivity contribution is 14.0. The number of nitrogens with one attached hydrogen (secondary N) is 2. The SMILES string of the molecule is CCC(C)NC(=NCCc1ccco1)NC(C)COC.I. The highest BCUT2D eigenvalue weighted by atomic mass is 127. The smallest absolute Gasteiger partial charge is 0.191 e. The van der Waals surface area contributed by atoms with Crippen molar-refractivity contribution >= 4 is 29.9 Å². The Labute approximate surface area is 144 Å². The summed E-state index contributed by atoms with van der Waals surface area (Å²) in [5.41, 5.74) is 0. The van der Waals surface area contributed by atoms with Gasteiger partial charge >= 0.3 is 0 Å².